The van der Waals surface area contributed by atoms with E-state index >= 15 is 0 Å². The molecule has 3 atom stereocenters. The smallest absolute Gasteiger partial charge is 0.329 e. The molecule has 2 unspecified atom stereocenters. The molecular weight excluding hydrogens is 390 g/mol. The number of methoxy groups -OCH3 is 1. The van der Waals surface area contributed by atoms with Gasteiger partial charge in [-0.1, -0.05) is 0 Å². The Morgan fingerprint density at radius 2 is 2.14 bits per heavy atom. The van der Waals surface area contributed by atoms with E-state index in [0.717, 1.165) is 48.5 Å². The lowest BCUT2D eigenvalue weighted by molar-refractivity contribution is 0.218. The number of likely N-dealkylation sites (tertiary alicyclic amines) is 1. The second-order valence-corrected chi connectivity index (χ2v) is 8.50. The summed E-state index contributed by atoms with van der Waals surface area (Å²) in [5.41, 5.74) is 2.13. The number of H-pyrrole nitrogens is 1. The van der Waals surface area contributed by atoms with E-state index in [9.17, 15) is 4.79 Å². The summed E-state index contributed by atoms with van der Waals surface area (Å²) in [6.45, 7) is 1.57. The van der Waals surface area contributed by atoms with Gasteiger partial charge < -0.3 is 19.5 Å². The molecule has 1 aliphatic carbocycles. The molecule has 2 amide bonds. The number of amides is 2. The average molecular weight is 414 g/mol. The molecule has 2 fully saturated rings. The molecule has 10 heteroatoms. The van der Waals surface area contributed by atoms with Crippen LogP contribution in [0.4, 0.5) is 15.6 Å². The number of hydrogen-bond acceptors (Lipinski definition) is 7. The highest BCUT2D eigenvalue weighted by Gasteiger charge is 2.43. The summed E-state index contributed by atoms with van der Waals surface area (Å²) in [5.74, 6) is 1.06. The zero-order chi connectivity index (χ0) is 20.0. The van der Waals surface area contributed by atoms with E-state index in [1.165, 1.54) is 12.8 Å². The van der Waals surface area contributed by atoms with Gasteiger partial charge >= 0.3 is 12.0 Å². The number of carbonyl (C=O) groups excluding carboxylic acids is 1. The first kappa shape index (κ1) is 18.2. The summed E-state index contributed by atoms with van der Waals surface area (Å²) < 4.78 is 8.98. The number of nitrogens with zero attached hydrogens (tertiary/aromatic N) is 5. The van der Waals surface area contributed by atoms with E-state index in [1.54, 1.807) is 0 Å². The second kappa shape index (κ2) is 7.18. The highest BCUT2D eigenvalue weighted by Crippen LogP contribution is 2.42. The number of hydrogen-bond donors (Lipinski definition) is 2. The molecule has 152 valence electrons. The van der Waals surface area contributed by atoms with Gasteiger partial charge in [0.05, 0.1) is 7.11 Å². The van der Waals surface area contributed by atoms with Crippen LogP contribution in [0.15, 0.2) is 24.5 Å². The zero-order valence-corrected chi connectivity index (χ0v) is 17.1. The highest BCUT2D eigenvalue weighted by molar-refractivity contribution is 7.10. The third-order valence-corrected chi connectivity index (χ3v) is 6.80. The molecular formula is C19H23N7O2S. The fraction of sp³-hybridized carbons (Fsp3) is 0.474. The van der Waals surface area contributed by atoms with Crippen molar-refractivity contribution in [2.45, 2.75) is 18.9 Å². The van der Waals surface area contributed by atoms with Crippen LogP contribution >= 0.6 is 11.5 Å². The molecule has 29 heavy (non-hydrogen) atoms. The third kappa shape index (κ3) is 3.27. The minimum Gasteiger partial charge on any atom is -0.466 e. The lowest BCUT2D eigenvalue weighted by Crippen LogP contribution is -2.36. The molecule has 0 spiro atoms. The van der Waals surface area contributed by atoms with Crippen LogP contribution in [0.2, 0.25) is 0 Å². The molecule has 3 aromatic heterocycles. The minimum atomic E-state index is -0.105. The molecule has 1 saturated heterocycles. The number of aromatic nitrogens is 4. The maximum atomic E-state index is 12.6. The van der Waals surface area contributed by atoms with Gasteiger partial charge in [0.2, 0.25) is 5.13 Å². The summed E-state index contributed by atoms with van der Waals surface area (Å²) in [6, 6.07) is 4.82. The van der Waals surface area contributed by atoms with E-state index in [2.05, 4.69) is 48.7 Å². The van der Waals surface area contributed by atoms with Crippen molar-refractivity contribution in [2.75, 3.05) is 37.5 Å². The number of ether oxygens (including phenoxy) is 1. The van der Waals surface area contributed by atoms with Crippen LogP contribution in [0, 0.1) is 11.8 Å². The van der Waals surface area contributed by atoms with Crippen molar-refractivity contribution in [2.24, 2.45) is 11.8 Å². The number of nitrogens with one attached hydrogen (secondary N) is 2. The summed E-state index contributed by atoms with van der Waals surface area (Å²) in [4.78, 5) is 28.6. The predicted molar refractivity (Wildman–Crippen MR) is 112 cm³/mol. The minimum absolute atomic E-state index is 0.105. The van der Waals surface area contributed by atoms with E-state index in [1.807, 2.05) is 17.3 Å². The standard InChI is InChI=1S/C19H23N7O2S/c1-25(15-4-6-21-16-14(15)3-5-20-16)13-7-11-9-26(10-12(11)8-13)19(27)23-18-22-17(28-2)24-29-18/h3-6,11-13H,7-10H2,1-2H3,(H,20,21)(H,22,23,24,27)/t11-,12?,13?/m1/s1. The Hall–Kier alpha value is -2.88. The number of anilines is 2. The van der Waals surface area contributed by atoms with Gasteiger partial charge in [0.25, 0.3) is 0 Å². The lowest BCUT2D eigenvalue weighted by Gasteiger charge is -2.29. The molecule has 2 aliphatic rings. The quantitative estimate of drug-likeness (QED) is 0.682. The van der Waals surface area contributed by atoms with Crippen molar-refractivity contribution in [3.05, 3.63) is 24.5 Å². The SMILES string of the molecule is COc1nsc(NC(=O)N2CC3CC(N(C)c4ccnc5[nH]ccc45)C[C@@H]3C2)n1. The summed E-state index contributed by atoms with van der Waals surface area (Å²) in [5, 5.41) is 4.46. The highest BCUT2D eigenvalue weighted by atomic mass is 32.1. The molecule has 1 aliphatic heterocycles. The fourth-order valence-electron chi connectivity index (χ4n) is 4.71. The van der Waals surface area contributed by atoms with Gasteiger partial charge in [-0.3, -0.25) is 5.32 Å². The van der Waals surface area contributed by atoms with Gasteiger partial charge in [0.15, 0.2) is 0 Å². The van der Waals surface area contributed by atoms with Crippen LogP contribution < -0.4 is 15.0 Å². The van der Waals surface area contributed by atoms with E-state index in [4.69, 9.17) is 4.74 Å². The summed E-state index contributed by atoms with van der Waals surface area (Å²) in [7, 11) is 3.68. The Balaban J connectivity index is 1.21. The van der Waals surface area contributed by atoms with Crippen molar-refractivity contribution < 1.29 is 9.53 Å². The normalized spacial score (nSPS) is 23.4. The van der Waals surface area contributed by atoms with Crippen LogP contribution in [-0.4, -0.2) is 63.5 Å². The molecule has 5 rings (SSSR count). The number of rotatable bonds is 4. The molecule has 0 aromatic carbocycles. The molecule has 0 bridgehead atoms. The van der Waals surface area contributed by atoms with Crippen LogP contribution in [0.25, 0.3) is 11.0 Å². The molecule has 0 radical (unpaired) electrons. The Morgan fingerprint density at radius 3 is 2.86 bits per heavy atom. The van der Waals surface area contributed by atoms with Gasteiger partial charge in [0.1, 0.15) is 5.65 Å². The van der Waals surface area contributed by atoms with Gasteiger partial charge in [-0.25, -0.2) is 9.78 Å². The first-order chi connectivity index (χ1) is 14.1. The maximum Gasteiger partial charge on any atom is 0.329 e. The zero-order valence-electron chi connectivity index (χ0n) is 16.3. The van der Waals surface area contributed by atoms with Gasteiger partial charge in [0, 0.05) is 61.2 Å². The van der Waals surface area contributed by atoms with Crippen molar-refractivity contribution in [1.82, 2.24) is 24.2 Å². The molecule has 9 nitrogen and oxygen atoms in total. The number of aromatic amines is 1. The first-order valence-corrected chi connectivity index (χ1v) is 10.5. The predicted octanol–water partition coefficient (Wildman–Crippen LogP) is 2.80. The monoisotopic (exact) mass is 413 g/mol. The number of fused-ring (bicyclic) bond motifs is 2. The van der Waals surface area contributed by atoms with Crippen molar-refractivity contribution in [3.63, 3.8) is 0 Å². The Kier molecular flexibility index (Phi) is 4.50. The number of carbonyl (C=O) groups is 1. The van der Waals surface area contributed by atoms with Crippen molar-refractivity contribution in [1.29, 1.82) is 0 Å². The Morgan fingerprint density at radius 1 is 1.34 bits per heavy atom. The van der Waals surface area contributed by atoms with E-state index < -0.39 is 0 Å². The molecule has 1 saturated carbocycles. The summed E-state index contributed by atoms with van der Waals surface area (Å²) >= 11 is 1.13. The van der Waals surface area contributed by atoms with E-state index in [-0.39, 0.29) is 12.0 Å². The molecule has 4 heterocycles. The van der Waals surface area contributed by atoms with Crippen LogP contribution in [-0.2, 0) is 0 Å². The fourth-order valence-corrected chi connectivity index (χ4v) is 5.25. The number of urea groups is 1. The second-order valence-electron chi connectivity index (χ2n) is 7.75. The van der Waals surface area contributed by atoms with Crippen molar-refractivity contribution in [3.8, 4) is 6.01 Å². The van der Waals surface area contributed by atoms with Gasteiger partial charge in [-0.2, -0.15) is 4.98 Å². The van der Waals surface area contributed by atoms with Gasteiger partial charge in [-0.15, -0.1) is 4.37 Å². The van der Waals surface area contributed by atoms with Gasteiger partial charge in [-0.05, 0) is 36.8 Å². The van der Waals surface area contributed by atoms with Crippen LogP contribution in [0.1, 0.15) is 12.8 Å². The van der Waals surface area contributed by atoms with Crippen molar-refractivity contribution >= 4 is 39.4 Å². The topological polar surface area (TPSA) is 99.3 Å². The average Bonchev–Trinajstić information content (AvgIpc) is 3.48. The lowest BCUT2D eigenvalue weighted by atomic mass is 10.0. The first-order valence-electron chi connectivity index (χ1n) is 9.71. The largest absolute Gasteiger partial charge is 0.466 e. The molecule has 2 N–H and O–H groups in total. The molecule has 3 aromatic rings. The third-order valence-electron chi connectivity index (χ3n) is 6.18. The Labute approximate surface area is 172 Å². The Bertz CT molecular complexity index is 1020. The summed E-state index contributed by atoms with van der Waals surface area (Å²) in [6.07, 6.45) is 5.97. The number of pyridine rings is 1. The van der Waals surface area contributed by atoms with E-state index in [0.29, 0.717) is 23.0 Å². The maximum absolute atomic E-state index is 12.6. The van der Waals surface area contributed by atoms with Crippen LogP contribution in [0.5, 0.6) is 6.01 Å². The van der Waals surface area contributed by atoms with Crippen LogP contribution in [0.3, 0.4) is 0 Å².